The van der Waals surface area contributed by atoms with Gasteiger partial charge in [-0.3, -0.25) is 9.59 Å². The minimum absolute atomic E-state index is 0.0600. The number of likely N-dealkylation sites (tertiary alicyclic amines) is 1. The summed E-state index contributed by atoms with van der Waals surface area (Å²) in [5, 5.41) is 3.12. The average Bonchev–Trinajstić information content (AvgIpc) is 3.19. The van der Waals surface area contributed by atoms with E-state index in [1.807, 2.05) is 41.3 Å². The van der Waals surface area contributed by atoms with Gasteiger partial charge in [0.1, 0.15) is 0 Å². The second-order valence-corrected chi connectivity index (χ2v) is 8.40. The first-order valence-corrected chi connectivity index (χ1v) is 11.3. The molecule has 1 N–H and O–H groups in total. The van der Waals surface area contributed by atoms with Crippen molar-refractivity contribution < 1.29 is 9.59 Å². The zero-order chi connectivity index (χ0) is 21.6. The molecule has 2 fully saturated rings. The lowest BCUT2D eigenvalue weighted by Crippen LogP contribution is -2.46. The number of para-hydroxylation sites is 2. The summed E-state index contributed by atoms with van der Waals surface area (Å²) in [6.45, 7) is 8.39. The molecule has 0 radical (unpaired) electrons. The van der Waals surface area contributed by atoms with Crippen molar-refractivity contribution in [3.63, 3.8) is 0 Å². The highest BCUT2D eigenvalue weighted by Gasteiger charge is 2.34. The van der Waals surface area contributed by atoms with E-state index in [-0.39, 0.29) is 24.2 Å². The van der Waals surface area contributed by atoms with E-state index >= 15 is 0 Å². The summed E-state index contributed by atoms with van der Waals surface area (Å²) < 4.78 is 0. The molecule has 0 aromatic heterocycles. The Kier molecular flexibility index (Phi) is 6.87. The Bertz CT molecular complexity index is 893. The number of piperazine rings is 1. The van der Waals surface area contributed by atoms with Crippen molar-refractivity contribution in [3.05, 3.63) is 60.2 Å². The molecular formula is C25H32N4O2. The predicted octanol–water partition coefficient (Wildman–Crippen LogP) is 2.86. The Labute approximate surface area is 184 Å². The highest BCUT2D eigenvalue weighted by atomic mass is 16.2. The van der Waals surface area contributed by atoms with Crippen LogP contribution < -0.4 is 10.2 Å². The van der Waals surface area contributed by atoms with Crippen molar-refractivity contribution in [2.75, 3.05) is 56.0 Å². The normalized spacial score (nSPS) is 19.6. The number of likely N-dealkylation sites (N-methyl/N-ethyl adjacent to an activating group) is 1. The topological polar surface area (TPSA) is 55.9 Å². The monoisotopic (exact) mass is 420 g/mol. The molecule has 31 heavy (non-hydrogen) atoms. The van der Waals surface area contributed by atoms with Crippen LogP contribution in [0.2, 0.25) is 0 Å². The lowest BCUT2D eigenvalue weighted by molar-refractivity contribution is -0.128. The van der Waals surface area contributed by atoms with E-state index in [2.05, 4.69) is 40.2 Å². The fourth-order valence-electron chi connectivity index (χ4n) is 4.47. The van der Waals surface area contributed by atoms with E-state index in [0.29, 0.717) is 13.1 Å². The molecule has 1 unspecified atom stereocenters. The van der Waals surface area contributed by atoms with Gasteiger partial charge in [0.15, 0.2) is 0 Å². The zero-order valence-corrected chi connectivity index (χ0v) is 18.3. The number of anilines is 2. The number of carbonyl (C=O) groups excluding carboxylic acids is 2. The summed E-state index contributed by atoms with van der Waals surface area (Å²) in [5.41, 5.74) is 3.12. The van der Waals surface area contributed by atoms with Crippen LogP contribution in [-0.2, 0) is 16.0 Å². The molecular weight excluding hydrogens is 388 g/mol. The summed E-state index contributed by atoms with van der Waals surface area (Å²) in [4.78, 5) is 32.1. The molecule has 2 saturated heterocycles. The molecule has 2 heterocycles. The smallest absolute Gasteiger partial charge is 0.229 e. The maximum atomic E-state index is 13.0. The first-order valence-electron chi connectivity index (χ1n) is 11.3. The van der Waals surface area contributed by atoms with Crippen molar-refractivity contribution in [2.45, 2.75) is 19.8 Å². The third kappa shape index (κ3) is 5.25. The number of hydrogen-bond acceptors (Lipinski definition) is 4. The van der Waals surface area contributed by atoms with Gasteiger partial charge in [-0.25, -0.2) is 0 Å². The van der Waals surface area contributed by atoms with E-state index in [4.69, 9.17) is 0 Å². The van der Waals surface area contributed by atoms with Crippen molar-refractivity contribution >= 4 is 23.2 Å². The zero-order valence-electron chi connectivity index (χ0n) is 18.3. The molecule has 2 amide bonds. The number of benzene rings is 2. The molecule has 1 atom stereocenters. The lowest BCUT2D eigenvalue weighted by Gasteiger charge is -2.36. The van der Waals surface area contributed by atoms with Gasteiger partial charge in [0, 0.05) is 45.7 Å². The second kappa shape index (κ2) is 9.96. The number of carbonyl (C=O) groups is 2. The highest BCUT2D eigenvalue weighted by Crippen LogP contribution is 2.28. The summed E-state index contributed by atoms with van der Waals surface area (Å²) in [6, 6.07) is 18.2. The van der Waals surface area contributed by atoms with Crippen LogP contribution in [0.25, 0.3) is 0 Å². The number of amides is 2. The highest BCUT2D eigenvalue weighted by molar-refractivity contribution is 5.99. The van der Waals surface area contributed by atoms with Gasteiger partial charge in [0.2, 0.25) is 11.8 Å². The molecule has 2 aromatic carbocycles. The summed E-state index contributed by atoms with van der Waals surface area (Å²) in [7, 11) is 0. The first kappa shape index (κ1) is 21.4. The standard InChI is InChI=1S/C25H32N4O2/c1-2-27-14-16-28(17-15-27)23-11-7-6-10-22(23)26-25(31)21-18-24(30)29(19-21)13-12-20-8-4-3-5-9-20/h3-11,21H,2,12-19H2,1H3,(H,26,31). The van der Waals surface area contributed by atoms with Crippen LogP contribution in [0.5, 0.6) is 0 Å². The molecule has 0 bridgehead atoms. The van der Waals surface area contributed by atoms with Crippen LogP contribution >= 0.6 is 0 Å². The van der Waals surface area contributed by atoms with Gasteiger partial charge in [-0.05, 0) is 30.7 Å². The van der Waals surface area contributed by atoms with Crippen LogP contribution in [0.15, 0.2) is 54.6 Å². The molecule has 4 rings (SSSR count). The minimum Gasteiger partial charge on any atom is -0.367 e. The van der Waals surface area contributed by atoms with Crippen molar-refractivity contribution in [1.82, 2.24) is 9.80 Å². The first-order chi connectivity index (χ1) is 15.1. The van der Waals surface area contributed by atoms with Crippen molar-refractivity contribution in [1.29, 1.82) is 0 Å². The Morgan fingerprint density at radius 1 is 1.00 bits per heavy atom. The minimum atomic E-state index is -0.298. The van der Waals surface area contributed by atoms with Crippen LogP contribution in [0, 0.1) is 5.92 Å². The largest absolute Gasteiger partial charge is 0.367 e. The summed E-state index contributed by atoms with van der Waals surface area (Å²) in [6.07, 6.45) is 1.10. The lowest BCUT2D eigenvalue weighted by atomic mass is 10.1. The van der Waals surface area contributed by atoms with E-state index in [0.717, 1.165) is 50.5 Å². The molecule has 6 heteroatoms. The van der Waals surface area contributed by atoms with E-state index in [1.165, 1.54) is 5.56 Å². The molecule has 0 spiro atoms. The summed E-state index contributed by atoms with van der Waals surface area (Å²) >= 11 is 0. The molecule has 2 aliphatic heterocycles. The van der Waals surface area contributed by atoms with E-state index < -0.39 is 0 Å². The van der Waals surface area contributed by atoms with Gasteiger partial charge in [-0.1, -0.05) is 49.4 Å². The third-order valence-corrected chi connectivity index (χ3v) is 6.42. The van der Waals surface area contributed by atoms with Gasteiger partial charge < -0.3 is 20.0 Å². The van der Waals surface area contributed by atoms with E-state index in [1.54, 1.807) is 0 Å². The number of rotatable bonds is 7. The molecule has 2 aromatic rings. The number of nitrogens with one attached hydrogen (secondary N) is 1. The molecule has 2 aliphatic rings. The van der Waals surface area contributed by atoms with Crippen LogP contribution in [-0.4, -0.2) is 67.4 Å². The second-order valence-electron chi connectivity index (χ2n) is 8.40. The van der Waals surface area contributed by atoms with Gasteiger partial charge in [0.25, 0.3) is 0 Å². The maximum absolute atomic E-state index is 13.0. The molecule has 0 saturated carbocycles. The van der Waals surface area contributed by atoms with Crippen molar-refractivity contribution in [2.24, 2.45) is 5.92 Å². The quantitative estimate of drug-likeness (QED) is 0.748. The third-order valence-electron chi connectivity index (χ3n) is 6.42. The van der Waals surface area contributed by atoms with Gasteiger partial charge in [-0.2, -0.15) is 0 Å². The fraction of sp³-hybridized carbons (Fsp3) is 0.440. The fourth-order valence-corrected chi connectivity index (χ4v) is 4.47. The predicted molar refractivity (Wildman–Crippen MR) is 124 cm³/mol. The van der Waals surface area contributed by atoms with Crippen LogP contribution in [0.4, 0.5) is 11.4 Å². The Balaban J connectivity index is 1.35. The van der Waals surface area contributed by atoms with Crippen LogP contribution in [0.3, 0.4) is 0 Å². The molecule has 6 nitrogen and oxygen atoms in total. The van der Waals surface area contributed by atoms with E-state index in [9.17, 15) is 9.59 Å². The van der Waals surface area contributed by atoms with Crippen LogP contribution in [0.1, 0.15) is 18.9 Å². The van der Waals surface area contributed by atoms with Gasteiger partial charge in [0.05, 0.1) is 17.3 Å². The van der Waals surface area contributed by atoms with Gasteiger partial charge in [-0.15, -0.1) is 0 Å². The number of nitrogens with zero attached hydrogens (tertiary/aromatic N) is 3. The molecule has 164 valence electrons. The SMILES string of the molecule is CCN1CCN(c2ccccc2NC(=O)C2CC(=O)N(CCc3ccccc3)C2)CC1. The molecule has 0 aliphatic carbocycles. The maximum Gasteiger partial charge on any atom is 0.229 e. The Hall–Kier alpha value is -2.86. The van der Waals surface area contributed by atoms with Crippen molar-refractivity contribution in [3.8, 4) is 0 Å². The van der Waals surface area contributed by atoms with Gasteiger partial charge >= 0.3 is 0 Å². The number of hydrogen-bond donors (Lipinski definition) is 1. The Morgan fingerprint density at radius 2 is 1.71 bits per heavy atom. The Morgan fingerprint density at radius 3 is 2.45 bits per heavy atom. The average molecular weight is 421 g/mol. The summed E-state index contributed by atoms with van der Waals surface area (Å²) in [5.74, 6) is -0.288.